The highest BCUT2D eigenvalue weighted by atomic mass is 32.1. The Morgan fingerprint density at radius 2 is 1.95 bits per heavy atom. The summed E-state index contributed by atoms with van der Waals surface area (Å²) < 4.78 is 1.55. The minimum absolute atomic E-state index is 0.195. The standard InChI is InChI=1S/C26H18N6O2S.C4H10O/c27-12-16-4-1-2-5-20(16)17-7-8-19(29-13-17)14-30-26(34)21-6-3-10-32-23(24(28)33)22(31-25(21)32)18-9-11-35-15-18;1-2-3-4-5/h1-11,13,15H,14H2,(H2,28,33)(H,30,34);5H,2-4H2,1H3. The average molecular weight is 553 g/mol. The van der Waals surface area contributed by atoms with Crippen LogP contribution in [0.3, 0.4) is 0 Å². The molecule has 5 rings (SSSR count). The van der Waals surface area contributed by atoms with E-state index >= 15 is 0 Å². The van der Waals surface area contributed by atoms with Gasteiger partial charge in [-0.3, -0.25) is 19.0 Å². The zero-order valence-corrected chi connectivity index (χ0v) is 22.7. The molecule has 0 bridgehead atoms. The maximum absolute atomic E-state index is 13.0. The number of benzene rings is 1. The molecule has 10 heteroatoms. The summed E-state index contributed by atoms with van der Waals surface area (Å²) in [5, 5.41) is 24.0. The number of nitrogens with two attached hydrogens (primary N) is 1. The van der Waals surface area contributed by atoms with Gasteiger partial charge in [-0.05, 0) is 42.1 Å². The molecule has 0 aliphatic carbocycles. The van der Waals surface area contributed by atoms with Gasteiger partial charge in [-0.2, -0.15) is 16.6 Å². The summed E-state index contributed by atoms with van der Waals surface area (Å²) in [6, 6.07) is 18.3. The molecular formula is C30H28N6O3S. The third kappa shape index (κ3) is 6.23. The van der Waals surface area contributed by atoms with E-state index in [0.717, 1.165) is 29.5 Å². The molecule has 4 aromatic heterocycles. The van der Waals surface area contributed by atoms with Gasteiger partial charge >= 0.3 is 0 Å². The summed E-state index contributed by atoms with van der Waals surface area (Å²) in [6.07, 6.45) is 5.38. The van der Waals surface area contributed by atoms with E-state index in [0.29, 0.717) is 34.8 Å². The zero-order valence-electron chi connectivity index (χ0n) is 21.9. The van der Waals surface area contributed by atoms with Gasteiger partial charge in [0, 0.05) is 41.1 Å². The number of rotatable bonds is 8. The van der Waals surface area contributed by atoms with Gasteiger partial charge in [-0.15, -0.1) is 0 Å². The number of unbranched alkanes of at least 4 members (excludes halogenated alkanes) is 1. The van der Waals surface area contributed by atoms with Crippen LogP contribution in [0, 0.1) is 11.3 Å². The zero-order chi connectivity index (χ0) is 28.5. The molecule has 202 valence electrons. The number of primary amides is 1. The van der Waals surface area contributed by atoms with E-state index in [1.807, 2.05) is 41.1 Å². The van der Waals surface area contributed by atoms with Crippen molar-refractivity contribution in [1.82, 2.24) is 19.7 Å². The summed E-state index contributed by atoms with van der Waals surface area (Å²) in [5.74, 6) is -0.979. The molecule has 0 unspecified atom stereocenters. The van der Waals surface area contributed by atoms with Crippen molar-refractivity contribution < 1.29 is 14.7 Å². The number of pyridine rings is 2. The van der Waals surface area contributed by atoms with Gasteiger partial charge in [0.25, 0.3) is 11.8 Å². The van der Waals surface area contributed by atoms with Gasteiger partial charge in [0.15, 0.2) is 5.65 Å². The van der Waals surface area contributed by atoms with Gasteiger partial charge in [-0.1, -0.05) is 37.6 Å². The van der Waals surface area contributed by atoms with E-state index < -0.39 is 5.91 Å². The number of nitriles is 1. The van der Waals surface area contributed by atoms with E-state index in [1.165, 1.54) is 11.3 Å². The van der Waals surface area contributed by atoms with Crippen LogP contribution in [0.2, 0.25) is 0 Å². The average Bonchev–Trinajstić information content (AvgIpc) is 3.65. The minimum atomic E-state index is -0.626. The molecule has 2 amide bonds. The second-order valence-electron chi connectivity index (χ2n) is 8.76. The fraction of sp³-hybridized carbons (Fsp3) is 0.167. The number of nitrogens with zero attached hydrogens (tertiary/aromatic N) is 4. The molecule has 1 aromatic carbocycles. The van der Waals surface area contributed by atoms with Gasteiger partial charge in [0.1, 0.15) is 11.4 Å². The second-order valence-corrected chi connectivity index (χ2v) is 9.54. The Hall–Kier alpha value is -4.85. The van der Waals surface area contributed by atoms with E-state index in [2.05, 4.69) is 28.3 Å². The van der Waals surface area contributed by atoms with Gasteiger partial charge < -0.3 is 16.2 Å². The summed E-state index contributed by atoms with van der Waals surface area (Å²) in [7, 11) is 0. The van der Waals surface area contributed by atoms with Crippen molar-refractivity contribution in [1.29, 1.82) is 5.26 Å². The molecule has 0 fully saturated rings. The lowest BCUT2D eigenvalue weighted by atomic mass is 10.0. The highest BCUT2D eigenvalue weighted by molar-refractivity contribution is 7.08. The number of carbonyl (C=O) groups excluding carboxylic acids is 2. The second kappa shape index (κ2) is 13.3. The van der Waals surface area contributed by atoms with Crippen molar-refractivity contribution >= 4 is 28.8 Å². The summed E-state index contributed by atoms with van der Waals surface area (Å²) in [6.45, 7) is 2.59. The number of thiophene rings is 1. The van der Waals surface area contributed by atoms with Crippen LogP contribution in [0.5, 0.6) is 0 Å². The number of carbonyl (C=O) groups is 2. The molecule has 4 N–H and O–H groups in total. The molecule has 9 nitrogen and oxygen atoms in total. The largest absolute Gasteiger partial charge is 0.396 e. The summed E-state index contributed by atoms with van der Waals surface area (Å²) in [4.78, 5) is 34.2. The minimum Gasteiger partial charge on any atom is -0.396 e. The van der Waals surface area contributed by atoms with E-state index in [1.54, 1.807) is 41.1 Å². The normalized spacial score (nSPS) is 10.4. The molecule has 0 radical (unpaired) electrons. The number of aliphatic hydroxyl groups is 1. The first-order valence-corrected chi connectivity index (χ1v) is 13.6. The van der Waals surface area contributed by atoms with Crippen LogP contribution in [0.4, 0.5) is 0 Å². The molecule has 0 saturated heterocycles. The molecule has 0 saturated carbocycles. The predicted octanol–water partition coefficient (Wildman–Crippen LogP) is 4.80. The Morgan fingerprint density at radius 1 is 1.12 bits per heavy atom. The Labute approximate surface area is 235 Å². The van der Waals surface area contributed by atoms with Gasteiger partial charge in [0.05, 0.1) is 29.4 Å². The van der Waals surface area contributed by atoms with Crippen LogP contribution in [0.1, 0.15) is 51.9 Å². The first kappa shape index (κ1) is 28.2. The number of hydrogen-bond donors (Lipinski definition) is 3. The first-order valence-electron chi connectivity index (χ1n) is 12.6. The number of fused-ring (bicyclic) bond motifs is 1. The lowest BCUT2D eigenvalue weighted by Crippen LogP contribution is -2.24. The van der Waals surface area contributed by atoms with E-state index in [-0.39, 0.29) is 18.1 Å². The van der Waals surface area contributed by atoms with Crippen LogP contribution in [-0.2, 0) is 6.54 Å². The highest BCUT2D eigenvalue weighted by Gasteiger charge is 2.22. The summed E-state index contributed by atoms with van der Waals surface area (Å²) >= 11 is 1.48. The molecule has 0 spiro atoms. The molecule has 4 heterocycles. The summed E-state index contributed by atoms with van der Waals surface area (Å²) in [5.41, 5.74) is 10.6. The Bertz CT molecular complexity index is 1650. The fourth-order valence-electron chi connectivity index (χ4n) is 4.03. The Morgan fingerprint density at radius 3 is 2.58 bits per heavy atom. The maximum Gasteiger partial charge on any atom is 0.268 e. The molecule has 0 atom stereocenters. The predicted molar refractivity (Wildman–Crippen MR) is 155 cm³/mol. The fourth-order valence-corrected chi connectivity index (χ4v) is 4.67. The number of aliphatic hydroxyl groups excluding tert-OH is 1. The smallest absolute Gasteiger partial charge is 0.268 e. The van der Waals surface area contributed by atoms with Crippen molar-refractivity contribution in [3.05, 3.63) is 100 Å². The van der Waals surface area contributed by atoms with Gasteiger partial charge in [0.2, 0.25) is 0 Å². The van der Waals surface area contributed by atoms with Crippen molar-refractivity contribution in [3.8, 4) is 28.5 Å². The monoisotopic (exact) mass is 552 g/mol. The van der Waals surface area contributed by atoms with Crippen molar-refractivity contribution in [3.63, 3.8) is 0 Å². The number of imidazole rings is 1. The lowest BCUT2D eigenvalue weighted by molar-refractivity contribution is 0.0949. The molecule has 0 aliphatic rings. The number of nitrogens with one attached hydrogen (secondary N) is 1. The topological polar surface area (TPSA) is 146 Å². The number of amides is 2. The van der Waals surface area contributed by atoms with Crippen LogP contribution in [-0.4, -0.2) is 37.9 Å². The third-order valence-corrected chi connectivity index (χ3v) is 6.73. The van der Waals surface area contributed by atoms with Crippen LogP contribution in [0.25, 0.3) is 28.0 Å². The molecule has 0 aliphatic heterocycles. The SMILES string of the molecule is CCCCO.N#Cc1ccccc1-c1ccc(CNC(=O)c2cccn3c(C(N)=O)c(-c4ccsc4)nc23)nc1. The number of aromatic nitrogens is 3. The van der Waals surface area contributed by atoms with Crippen LogP contribution < -0.4 is 11.1 Å². The van der Waals surface area contributed by atoms with Crippen molar-refractivity contribution in [2.75, 3.05) is 6.61 Å². The maximum atomic E-state index is 13.0. The first-order chi connectivity index (χ1) is 19.5. The molecular weight excluding hydrogens is 524 g/mol. The van der Waals surface area contributed by atoms with Crippen LogP contribution in [0.15, 0.2) is 77.8 Å². The molecule has 5 aromatic rings. The van der Waals surface area contributed by atoms with Crippen LogP contribution >= 0.6 is 11.3 Å². The third-order valence-electron chi connectivity index (χ3n) is 6.05. The number of hydrogen-bond acceptors (Lipinski definition) is 7. The lowest BCUT2D eigenvalue weighted by Gasteiger charge is -2.08. The highest BCUT2D eigenvalue weighted by Crippen LogP contribution is 2.27. The van der Waals surface area contributed by atoms with Crippen molar-refractivity contribution in [2.45, 2.75) is 26.3 Å². The molecule has 40 heavy (non-hydrogen) atoms. The van der Waals surface area contributed by atoms with E-state index in [9.17, 15) is 14.9 Å². The Balaban J connectivity index is 0.000000681. The van der Waals surface area contributed by atoms with Crippen molar-refractivity contribution in [2.24, 2.45) is 5.73 Å². The Kier molecular flexibility index (Phi) is 9.35. The van der Waals surface area contributed by atoms with Gasteiger partial charge in [-0.25, -0.2) is 4.98 Å². The van der Waals surface area contributed by atoms with E-state index in [4.69, 9.17) is 10.8 Å². The quantitative estimate of drug-likeness (QED) is 0.252.